The molecular formula is C8H11N3. The number of anilines is 3. The predicted molar refractivity (Wildman–Crippen MR) is 47.7 cm³/mol. The molecule has 3 heteroatoms. The molecule has 0 saturated carbocycles. The van der Waals surface area contributed by atoms with Gasteiger partial charge in [-0.1, -0.05) is 0 Å². The molecule has 0 unspecified atom stereocenters. The number of nitrogens with one attached hydrogen (secondary N) is 1. The molecule has 11 heavy (non-hydrogen) atoms. The van der Waals surface area contributed by atoms with Gasteiger partial charge in [0.25, 0.3) is 0 Å². The molecule has 1 aliphatic rings. The first kappa shape index (κ1) is 6.34. The first-order chi connectivity index (χ1) is 5.27. The van der Waals surface area contributed by atoms with E-state index in [-0.39, 0.29) is 0 Å². The molecule has 0 aliphatic carbocycles. The van der Waals surface area contributed by atoms with Crippen LogP contribution in [-0.2, 0) is 0 Å². The second-order valence-electron chi connectivity index (χ2n) is 2.81. The molecule has 1 heterocycles. The standard InChI is InChI=1S/C8H11N3/c1-11-5-10-7-4-6(9)2-3-8(7)11/h2-4,10H,5,9H2,1H3. The van der Waals surface area contributed by atoms with E-state index in [1.54, 1.807) is 0 Å². The van der Waals surface area contributed by atoms with Crippen LogP contribution >= 0.6 is 0 Å². The largest absolute Gasteiger partial charge is 0.399 e. The Morgan fingerprint density at radius 1 is 1.55 bits per heavy atom. The highest BCUT2D eigenvalue weighted by atomic mass is 15.3. The number of nitrogen functional groups attached to an aromatic ring is 1. The molecule has 1 aromatic carbocycles. The lowest BCUT2D eigenvalue weighted by atomic mass is 10.2. The van der Waals surface area contributed by atoms with Gasteiger partial charge in [0.15, 0.2) is 0 Å². The van der Waals surface area contributed by atoms with Gasteiger partial charge in [0.1, 0.15) is 0 Å². The van der Waals surface area contributed by atoms with Crippen molar-refractivity contribution in [1.82, 2.24) is 0 Å². The summed E-state index contributed by atoms with van der Waals surface area (Å²) in [7, 11) is 2.05. The van der Waals surface area contributed by atoms with Crippen molar-refractivity contribution in [1.29, 1.82) is 0 Å². The summed E-state index contributed by atoms with van der Waals surface area (Å²) in [5, 5.41) is 3.24. The molecular weight excluding hydrogens is 138 g/mol. The van der Waals surface area contributed by atoms with Crippen molar-refractivity contribution >= 4 is 17.1 Å². The smallest absolute Gasteiger partial charge is 0.0874 e. The van der Waals surface area contributed by atoms with E-state index >= 15 is 0 Å². The Labute approximate surface area is 65.8 Å². The molecule has 1 aliphatic heterocycles. The SMILES string of the molecule is CN1CNc2cc(N)ccc21. The third-order valence-electron chi connectivity index (χ3n) is 1.94. The van der Waals surface area contributed by atoms with Crippen LogP contribution in [0.4, 0.5) is 17.1 Å². The average molecular weight is 149 g/mol. The Morgan fingerprint density at radius 2 is 2.36 bits per heavy atom. The van der Waals surface area contributed by atoms with E-state index in [0.717, 1.165) is 18.0 Å². The Balaban J connectivity index is 2.50. The summed E-state index contributed by atoms with van der Waals surface area (Å²) < 4.78 is 0. The number of nitrogens with zero attached hydrogens (tertiary/aromatic N) is 1. The molecule has 0 aromatic heterocycles. The van der Waals surface area contributed by atoms with Gasteiger partial charge < -0.3 is 16.0 Å². The Morgan fingerprint density at radius 3 is 3.18 bits per heavy atom. The second kappa shape index (κ2) is 2.05. The van der Waals surface area contributed by atoms with Gasteiger partial charge in [-0.15, -0.1) is 0 Å². The molecule has 3 N–H and O–H groups in total. The molecule has 3 nitrogen and oxygen atoms in total. The van der Waals surface area contributed by atoms with E-state index in [1.807, 2.05) is 18.2 Å². The molecule has 0 fully saturated rings. The van der Waals surface area contributed by atoms with Gasteiger partial charge in [-0.05, 0) is 18.2 Å². The number of hydrogen-bond acceptors (Lipinski definition) is 3. The normalized spacial score (nSPS) is 14.5. The zero-order valence-corrected chi connectivity index (χ0v) is 6.46. The van der Waals surface area contributed by atoms with Crippen LogP contribution in [0.1, 0.15) is 0 Å². The fourth-order valence-corrected chi connectivity index (χ4v) is 1.32. The number of fused-ring (bicyclic) bond motifs is 1. The van der Waals surface area contributed by atoms with E-state index in [2.05, 4.69) is 17.3 Å². The second-order valence-corrected chi connectivity index (χ2v) is 2.81. The number of nitrogens with two attached hydrogens (primary N) is 1. The van der Waals surface area contributed by atoms with Crippen molar-refractivity contribution in [3.63, 3.8) is 0 Å². The first-order valence-electron chi connectivity index (χ1n) is 3.62. The van der Waals surface area contributed by atoms with Crippen LogP contribution < -0.4 is 16.0 Å². The minimum atomic E-state index is 0.812. The van der Waals surface area contributed by atoms with Crippen molar-refractivity contribution in [2.45, 2.75) is 0 Å². The molecule has 0 atom stereocenters. The molecule has 0 bridgehead atoms. The van der Waals surface area contributed by atoms with Crippen molar-refractivity contribution in [3.8, 4) is 0 Å². The van der Waals surface area contributed by atoms with Crippen LogP contribution in [0, 0.1) is 0 Å². The van der Waals surface area contributed by atoms with Crippen molar-refractivity contribution in [2.24, 2.45) is 0 Å². The van der Waals surface area contributed by atoms with Gasteiger partial charge >= 0.3 is 0 Å². The van der Waals surface area contributed by atoms with E-state index in [1.165, 1.54) is 5.69 Å². The highest BCUT2D eigenvalue weighted by molar-refractivity contribution is 5.77. The molecule has 0 amide bonds. The maximum absolute atomic E-state index is 5.62. The molecule has 2 rings (SSSR count). The maximum atomic E-state index is 5.62. The topological polar surface area (TPSA) is 41.3 Å². The van der Waals surface area contributed by atoms with Gasteiger partial charge in [-0.3, -0.25) is 0 Å². The third-order valence-corrected chi connectivity index (χ3v) is 1.94. The quantitative estimate of drug-likeness (QED) is 0.542. The van der Waals surface area contributed by atoms with Crippen molar-refractivity contribution < 1.29 is 0 Å². The van der Waals surface area contributed by atoms with Crippen molar-refractivity contribution in [3.05, 3.63) is 18.2 Å². The number of rotatable bonds is 0. The van der Waals surface area contributed by atoms with Gasteiger partial charge in [0, 0.05) is 12.7 Å². The Kier molecular flexibility index (Phi) is 1.18. The Hall–Kier alpha value is -1.38. The number of benzene rings is 1. The van der Waals surface area contributed by atoms with Crippen LogP contribution in [-0.4, -0.2) is 13.7 Å². The minimum absolute atomic E-state index is 0.812. The highest BCUT2D eigenvalue weighted by Crippen LogP contribution is 2.31. The molecule has 0 saturated heterocycles. The van der Waals surface area contributed by atoms with Crippen molar-refractivity contribution in [2.75, 3.05) is 29.7 Å². The van der Waals surface area contributed by atoms with Crippen LogP contribution in [0.2, 0.25) is 0 Å². The van der Waals surface area contributed by atoms with E-state index in [4.69, 9.17) is 5.73 Å². The summed E-state index contributed by atoms with van der Waals surface area (Å²) in [5.41, 5.74) is 8.78. The average Bonchev–Trinajstić information content (AvgIpc) is 2.32. The first-order valence-corrected chi connectivity index (χ1v) is 3.62. The summed E-state index contributed by atoms with van der Waals surface area (Å²) in [5.74, 6) is 0. The van der Waals surface area contributed by atoms with Crippen LogP contribution in [0.5, 0.6) is 0 Å². The molecule has 1 aromatic rings. The highest BCUT2D eigenvalue weighted by Gasteiger charge is 2.13. The summed E-state index contributed by atoms with van der Waals surface area (Å²) in [6.45, 7) is 0.874. The van der Waals surface area contributed by atoms with Gasteiger partial charge in [0.2, 0.25) is 0 Å². The molecule has 58 valence electrons. The predicted octanol–water partition coefficient (Wildman–Crippen LogP) is 1.09. The maximum Gasteiger partial charge on any atom is 0.0874 e. The summed E-state index contributed by atoms with van der Waals surface area (Å²) in [6.07, 6.45) is 0. The van der Waals surface area contributed by atoms with E-state index in [9.17, 15) is 0 Å². The fourth-order valence-electron chi connectivity index (χ4n) is 1.32. The van der Waals surface area contributed by atoms with E-state index < -0.39 is 0 Å². The molecule has 0 spiro atoms. The van der Waals surface area contributed by atoms with Gasteiger partial charge in [0.05, 0.1) is 18.0 Å². The lowest BCUT2D eigenvalue weighted by Crippen LogP contribution is -2.15. The summed E-state index contributed by atoms with van der Waals surface area (Å²) >= 11 is 0. The van der Waals surface area contributed by atoms with Gasteiger partial charge in [-0.25, -0.2) is 0 Å². The summed E-state index contributed by atoms with van der Waals surface area (Å²) in [6, 6.07) is 5.91. The lowest BCUT2D eigenvalue weighted by molar-refractivity contribution is 1.03. The van der Waals surface area contributed by atoms with Crippen LogP contribution in [0.15, 0.2) is 18.2 Å². The Bertz CT molecular complexity index is 283. The monoisotopic (exact) mass is 149 g/mol. The minimum Gasteiger partial charge on any atom is -0.399 e. The van der Waals surface area contributed by atoms with Crippen LogP contribution in [0.3, 0.4) is 0 Å². The zero-order chi connectivity index (χ0) is 7.84. The third kappa shape index (κ3) is 0.888. The molecule has 0 radical (unpaired) electrons. The lowest BCUT2D eigenvalue weighted by Gasteiger charge is -2.08. The number of hydrogen-bond donors (Lipinski definition) is 2. The fraction of sp³-hybridized carbons (Fsp3) is 0.250. The summed E-state index contributed by atoms with van der Waals surface area (Å²) in [4.78, 5) is 2.15. The zero-order valence-electron chi connectivity index (χ0n) is 6.46. The van der Waals surface area contributed by atoms with Gasteiger partial charge in [-0.2, -0.15) is 0 Å². The van der Waals surface area contributed by atoms with Crippen LogP contribution in [0.25, 0.3) is 0 Å². The van der Waals surface area contributed by atoms with E-state index in [0.29, 0.717) is 0 Å².